The number of hydrogen-bond donors (Lipinski definition) is 2. The number of fused-ring (bicyclic) bond motifs is 3. The standard InChI is InChI=1S/C28H26N2O2/c31-19-26-23-15-16-30(27(32)18-21-9-5-2-6-10-21)28(23)24-17-22(13-14-25(24)29-26)12-11-20-7-3-1-4-8-20/h1-10,13-14,17,23,26,28-29,31H,15-16,18-19H2/t23-,26+,28-/m0/s1. The van der Waals surface area contributed by atoms with E-state index in [9.17, 15) is 9.90 Å². The third-order valence-corrected chi connectivity index (χ3v) is 6.51. The maximum Gasteiger partial charge on any atom is 0.227 e. The first-order chi connectivity index (χ1) is 15.7. The van der Waals surface area contributed by atoms with E-state index in [-0.39, 0.29) is 30.5 Å². The lowest BCUT2D eigenvalue weighted by atomic mass is 9.82. The monoisotopic (exact) mass is 422 g/mol. The Labute approximate surface area is 188 Å². The first-order valence-corrected chi connectivity index (χ1v) is 11.1. The number of likely N-dealkylation sites (tertiary alicyclic amines) is 1. The van der Waals surface area contributed by atoms with Gasteiger partial charge in [-0.05, 0) is 47.9 Å². The molecular weight excluding hydrogens is 396 g/mol. The van der Waals surface area contributed by atoms with Crippen molar-refractivity contribution in [2.75, 3.05) is 18.5 Å². The van der Waals surface area contributed by atoms with Gasteiger partial charge in [0.05, 0.1) is 25.1 Å². The second-order valence-electron chi connectivity index (χ2n) is 8.50. The summed E-state index contributed by atoms with van der Waals surface area (Å²) in [5.41, 5.74) is 5.00. The van der Waals surface area contributed by atoms with Crippen molar-refractivity contribution in [1.29, 1.82) is 0 Å². The lowest BCUT2D eigenvalue weighted by Crippen LogP contribution is -2.43. The Morgan fingerprint density at radius 1 is 0.969 bits per heavy atom. The van der Waals surface area contributed by atoms with Gasteiger partial charge < -0.3 is 15.3 Å². The van der Waals surface area contributed by atoms with E-state index in [1.165, 1.54) is 0 Å². The summed E-state index contributed by atoms with van der Waals surface area (Å²) in [7, 11) is 0. The Morgan fingerprint density at radius 3 is 2.44 bits per heavy atom. The molecule has 0 aromatic heterocycles. The third kappa shape index (κ3) is 4.00. The molecule has 0 saturated carbocycles. The zero-order valence-electron chi connectivity index (χ0n) is 17.9. The number of aliphatic hydroxyl groups excluding tert-OH is 1. The number of nitrogens with one attached hydrogen (secondary N) is 1. The summed E-state index contributed by atoms with van der Waals surface area (Å²) in [5, 5.41) is 13.5. The lowest BCUT2D eigenvalue weighted by molar-refractivity contribution is -0.131. The van der Waals surface area contributed by atoms with Crippen LogP contribution in [0.2, 0.25) is 0 Å². The first-order valence-electron chi connectivity index (χ1n) is 11.1. The normalized spacial score (nSPS) is 21.0. The molecule has 160 valence electrons. The molecule has 3 atom stereocenters. The fraction of sp³-hybridized carbons (Fsp3) is 0.250. The van der Waals surface area contributed by atoms with Crippen molar-refractivity contribution >= 4 is 11.6 Å². The highest BCUT2D eigenvalue weighted by Crippen LogP contribution is 2.46. The molecule has 1 saturated heterocycles. The molecule has 4 nitrogen and oxygen atoms in total. The predicted octanol–water partition coefficient (Wildman–Crippen LogP) is 4.01. The van der Waals surface area contributed by atoms with E-state index >= 15 is 0 Å². The molecule has 2 N–H and O–H groups in total. The van der Waals surface area contributed by atoms with Gasteiger partial charge in [0, 0.05) is 29.3 Å². The number of anilines is 1. The van der Waals surface area contributed by atoms with Crippen molar-refractivity contribution in [3.63, 3.8) is 0 Å². The maximum atomic E-state index is 13.3. The summed E-state index contributed by atoms with van der Waals surface area (Å²) in [4.78, 5) is 15.3. The zero-order chi connectivity index (χ0) is 21.9. The molecule has 3 aromatic carbocycles. The lowest BCUT2D eigenvalue weighted by Gasteiger charge is -2.39. The molecule has 2 heterocycles. The Morgan fingerprint density at radius 2 is 1.69 bits per heavy atom. The molecule has 3 aromatic rings. The number of hydrogen-bond acceptors (Lipinski definition) is 3. The van der Waals surface area contributed by atoms with Crippen LogP contribution in [0.25, 0.3) is 0 Å². The number of aliphatic hydroxyl groups is 1. The molecule has 5 rings (SSSR count). The molecule has 1 fully saturated rings. The van der Waals surface area contributed by atoms with Gasteiger partial charge in [0.2, 0.25) is 5.91 Å². The molecule has 0 radical (unpaired) electrons. The van der Waals surface area contributed by atoms with Gasteiger partial charge in [-0.15, -0.1) is 0 Å². The smallest absolute Gasteiger partial charge is 0.227 e. The van der Waals surface area contributed by atoms with E-state index in [2.05, 4.69) is 23.2 Å². The molecule has 0 aliphatic carbocycles. The summed E-state index contributed by atoms with van der Waals surface area (Å²) in [6, 6.07) is 25.9. The molecule has 2 aliphatic rings. The molecule has 1 amide bonds. The van der Waals surface area contributed by atoms with Crippen LogP contribution in [0.15, 0.2) is 78.9 Å². The van der Waals surface area contributed by atoms with Crippen LogP contribution in [0.4, 0.5) is 5.69 Å². The maximum absolute atomic E-state index is 13.3. The number of amides is 1. The van der Waals surface area contributed by atoms with Crippen molar-refractivity contribution < 1.29 is 9.90 Å². The molecule has 32 heavy (non-hydrogen) atoms. The van der Waals surface area contributed by atoms with E-state index in [1.807, 2.05) is 77.7 Å². The van der Waals surface area contributed by atoms with Gasteiger partial charge in [0.1, 0.15) is 0 Å². The zero-order valence-corrected chi connectivity index (χ0v) is 17.9. The van der Waals surface area contributed by atoms with Crippen molar-refractivity contribution in [1.82, 2.24) is 4.90 Å². The molecule has 4 heteroatoms. The number of nitrogens with zero attached hydrogens (tertiary/aromatic N) is 1. The highest BCUT2D eigenvalue weighted by Gasteiger charge is 2.45. The molecule has 0 spiro atoms. The van der Waals surface area contributed by atoms with E-state index in [0.717, 1.165) is 34.4 Å². The van der Waals surface area contributed by atoms with Gasteiger partial charge in [0.15, 0.2) is 0 Å². The van der Waals surface area contributed by atoms with E-state index in [4.69, 9.17) is 0 Å². The first kappa shape index (κ1) is 20.4. The second kappa shape index (κ2) is 8.90. The van der Waals surface area contributed by atoms with Crippen LogP contribution in [0, 0.1) is 17.8 Å². The van der Waals surface area contributed by atoms with Gasteiger partial charge in [-0.2, -0.15) is 0 Å². The molecule has 2 aliphatic heterocycles. The number of carbonyl (C=O) groups excluding carboxylic acids is 1. The van der Waals surface area contributed by atoms with Crippen LogP contribution in [-0.4, -0.2) is 35.1 Å². The van der Waals surface area contributed by atoms with Crippen LogP contribution >= 0.6 is 0 Å². The van der Waals surface area contributed by atoms with Crippen LogP contribution in [0.3, 0.4) is 0 Å². The largest absolute Gasteiger partial charge is 0.394 e. The fourth-order valence-corrected chi connectivity index (χ4v) is 4.96. The molecule has 0 unspecified atom stereocenters. The van der Waals surface area contributed by atoms with Crippen LogP contribution in [0.1, 0.15) is 34.7 Å². The summed E-state index contributed by atoms with van der Waals surface area (Å²) in [6.07, 6.45) is 1.27. The van der Waals surface area contributed by atoms with Crippen molar-refractivity contribution in [3.8, 4) is 11.8 Å². The summed E-state index contributed by atoms with van der Waals surface area (Å²) in [6.45, 7) is 0.759. The Hall–Kier alpha value is -3.55. The van der Waals surface area contributed by atoms with E-state index in [0.29, 0.717) is 13.0 Å². The van der Waals surface area contributed by atoms with E-state index in [1.54, 1.807) is 0 Å². The highest BCUT2D eigenvalue weighted by molar-refractivity contribution is 5.80. The van der Waals surface area contributed by atoms with Gasteiger partial charge in [0.25, 0.3) is 0 Å². The average molecular weight is 423 g/mol. The van der Waals surface area contributed by atoms with Crippen molar-refractivity contribution in [2.24, 2.45) is 5.92 Å². The second-order valence-corrected chi connectivity index (χ2v) is 8.50. The van der Waals surface area contributed by atoms with Crippen molar-refractivity contribution in [3.05, 3.63) is 101 Å². The predicted molar refractivity (Wildman–Crippen MR) is 126 cm³/mol. The summed E-state index contributed by atoms with van der Waals surface area (Å²) in [5.74, 6) is 6.81. The summed E-state index contributed by atoms with van der Waals surface area (Å²) >= 11 is 0. The molecular formula is C28H26N2O2. The summed E-state index contributed by atoms with van der Waals surface area (Å²) < 4.78 is 0. The number of carbonyl (C=O) groups is 1. The van der Waals surface area contributed by atoms with Gasteiger partial charge in [-0.25, -0.2) is 0 Å². The number of rotatable bonds is 3. The Kier molecular flexibility index (Phi) is 5.66. The topological polar surface area (TPSA) is 52.6 Å². The minimum absolute atomic E-state index is 0.0434. The minimum atomic E-state index is -0.0525. The third-order valence-electron chi connectivity index (χ3n) is 6.51. The Balaban J connectivity index is 1.47. The van der Waals surface area contributed by atoms with Crippen LogP contribution < -0.4 is 5.32 Å². The van der Waals surface area contributed by atoms with Gasteiger partial charge in [-0.1, -0.05) is 60.4 Å². The average Bonchev–Trinajstić information content (AvgIpc) is 3.29. The van der Waals surface area contributed by atoms with Gasteiger partial charge in [-0.3, -0.25) is 4.79 Å². The SMILES string of the molecule is O=C(Cc1ccccc1)N1CC[C@@H]2[C@H]1c1cc(C#Cc3ccccc3)ccc1N[C@@H]2CO. The number of benzene rings is 3. The highest BCUT2D eigenvalue weighted by atomic mass is 16.3. The fourth-order valence-electron chi connectivity index (χ4n) is 4.96. The molecule has 0 bridgehead atoms. The van der Waals surface area contributed by atoms with Crippen molar-refractivity contribution in [2.45, 2.75) is 24.9 Å². The van der Waals surface area contributed by atoms with Crippen LogP contribution in [-0.2, 0) is 11.2 Å². The minimum Gasteiger partial charge on any atom is -0.394 e. The quantitative estimate of drug-likeness (QED) is 0.627. The van der Waals surface area contributed by atoms with Crippen LogP contribution in [0.5, 0.6) is 0 Å². The van der Waals surface area contributed by atoms with E-state index < -0.39 is 0 Å². The Bertz CT molecular complexity index is 1160. The van der Waals surface area contributed by atoms with Gasteiger partial charge >= 0.3 is 0 Å².